The molecule has 1 aliphatic heterocycles. The third-order valence-electron chi connectivity index (χ3n) is 4.36. The van der Waals surface area contributed by atoms with Crippen LogP contribution in [0.4, 0.5) is 0 Å². The lowest BCUT2D eigenvalue weighted by molar-refractivity contribution is -0.119. The number of piperidine rings is 1. The maximum Gasteiger partial charge on any atom is 0.231 e. The molecule has 2 rings (SSSR count). The van der Waals surface area contributed by atoms with Crippen molar-refractivity contribution in [2.24, 2.45) is 10.7 Å². The molecule has 25 heavy (non-hydrogen) atoms. The van der Waals surface area contributed by atoms with E-state index >= 15 is 0 Å². The van der Waals surface area contributed by atoms with Crippen molar-refractivity contribution in [1.29, 1.82) is 0 Å². The van der Waals surface area contributed by atoms with Gasteiger partial charge in [-0.15, -0.1) is 24.0 Å². The van der Waals surface area contributed by atoms with E-state index in [1.807, 2.05) is 0 Å². The summed E-state index contributed by atoms with van der Waals surface area (Å²) >= 11 is 0. The molecule has 1 aliphatic rings. The van der Waals surface area contributed by atoms with Crippen LogP contribution in [0, 0.1) is 6.92 Å². The number of nitrogens with one attached hydrogen (secondary N) is 2. The van der Waals surface area contributed by atoms with Gasteiger partial charge in [-0.05, 0) is 31.7 Å². The SMILES string of the molecule is CN=C(NCCc1ccc(C)cc1)NC1CCN(CC(N)=O)CC1.I. The number of halogens is 1. The largest absolute Gasteiger partial charge is 0.369 e. The second-order valence-corrected chi connectivity index (χ2v) is 6.40. The number of aliphatic imine (C=N–C) groups is 1. The van der Waals surface area contributed by atoms with Crippen LogP contribution in [-0.2, 0) is 11.2 Å². The van der Waals surface area contributed by atoms with Gasteiger partial charge < -0.3 is 16.4 Å². The van der Waals surface area contributed by atoms with Crippen molar-refractivity contribution in [1.82, 2.24) is 15.5 Å². The zero-order valence-electron chi connectivity index (χ0n) is 15.1. The summed E-state index contributed by atoms with van der Waals surface area (Å²) in [5.74, 6) is 0.588. The Balaban J connectivity index is 0.00000312. The Morgan fingerprint density at radius 2 is 1.92 bits per heavy atom. The molecule has 7 heteroatoms. The number of guanidine groups is 1. The standard InChI is InChI=1S/C18H29N5O.HI/c1-14-3-5-15(6-4-14)7-10-21-18(20-2)22-16-8-11-23(12-9-16)13-17(19)24;/h3-6,16H,7-13H2,1-2H3,(H2,19,24)(H2,20,21,22);1H. The molecule has 6 nitrogen and oxygen atoms in total. The number of hydrogen-bond donors (Lipinski definition) is 3. The van der Waals surface area contributed by atoms with Crippen LogP contribution in [0.25, 0.3) is 0 Å². The first-order valence-corrected chi connectivity index (χ1v) is 8.60. The smallest absolute Gasteiger partial charge is 0.231 e. The molecule has 0 aliphatic carbocycles. The lowest BCUT2D eigenvalue weighted by atomic mass is 10.1. The highest BCUT2D eigenvalue weighted by Gasteiger charge is 2.20. The third-order valence-corrected chi connectivity index (χ3v) is 4.36. The fourth-order valence-electron chi connectivity index (χ4n) is 2.92. The molecule has 0 atom stereocenters. The van der Waals surface area contributed by atoms with Crippen LogP contribution >= 0.6 is 24.0 Å². The summed E-state index contributed by atoms with van der Waals surface area (Å²) in [6.07, 6.45) is 2.95. The number of nitrogens with zero attached hydrogens (tertiary/aromatic N) is 2. The highest BCUT2D eigenvalue weighted by Crippen LogP contribution is 2.09. The minimum absolute atomic E-state index is 0. The molecule has 0 saturated carbocycles. The number of amides is 1. The first-order chi connectivity index (χ1) is 11.6. The molecule has 0 unspecified atom stereocenters. The molecule has 1 heterocycles. The van der Waals surface area contributed by atoms with Gasteiger partial charge in [-0.25, -0.2) is 0 Å². The van der Waals surface area contributed by atoms with E-state index in [1.54, 1.807) is 7.05 Å². The molecular formula is C18H30IN5O. The molecule has 0 aromatic heterocycles. The second-order valence-electron chi connectivity index (χ2n) is 6.40. The van der Waals surface area contributed by atoms with Crippen molar-refractivity contribution in [3.05, 3.63) is 35.4 Å². The van der Waals surface area contributed by atoms with Gasteiger partial charge in [0.05, 0.1) is 6.54 Å². The highest BCUT2D eigenvalue weighted by molar-refractivity contribution is 14.0. The molecule has 0 radical (unpaired) electrons. The van der Waals surface area contributed by atoms with Gasteiger partial charge in [0.1, 0.15) is 0 Å². The number of aryl methyl sites for hydroxylation is 1. The predicted octanol–water partition coefficient (Wildman–Crippen LogP) is 1.27. The first kappa shape index (κ1) is 21.7. The number of carbonyl (C=O) groups excluding carboxylic acids is 1. The van der Waals surface area contributed by atoms with Gasteiger partial charge in [-0.2, -0.15) is 0 Å². The normalized spacial score (nSPS) is 16.2. The highest BCUT2D eigenvalue weighted by atomic mass is 127. The Labute approximate surface area is 167 Å². The number of hydrogen-bond acceptors (Lipinski definition) is 3. The zero-order valence-corrected chi connectivity index (χ0v) is 17.5. The zero-order chi connectivity index (χ0) is 17.4. The Morgan fingerprint density at radius 3 is 2.48 bits per heavy atom. The molecule has 1 fully saturated rings. The molecule has 1 saturated heterocycles. The van der Waals surface area contributed by atoms with E-state index in [9.17, 15) is 4.79 Å². The average molecular weight is 459 g/mol. The minimum Gasteiger partial charge on any atom is -0.369 e. The monoisotopic (exact) mass is 459 g/mol. The summed E-state index contributed by atoms with van der Waals surface area (Å²) in [6, 6.07) is 9.01. The lowest BCUT2D eigenvalue weighted by Gasteiger charge is -2.32. The Morgan fingerprint density at radius 1 is 1.28 bits per heavy atom. The van der Waals surface area contributed by atoms with Crippen molar-refractivity contribution < 1.29 is 4.79 Å². The quantitative estimate of drug-likeness (QED) is 0.340. The molecule has 0 bridgehead atoms. The summed E-state index contributed by atoms with van der Waals surface area (Å²) in [4.78, 5) is 17.4. The van der Waals surface area contributed by atoms with E-state index in [0.29, 0.717) is 12.6 Å². The van der Waals surface area contributed by atoms with E-state index in [1.165, 1.54) is 11.1 Å². The van der Waals surface area contributed by atoms with E-state index in [4.69, 9.17) is 5.73 Å². The van der Waals surface area contributed by atoms with Crippen molar-refractivity contribution in [2.75, 3.05) is 33.2 Å². The van der Waals surface area contributed by atoms with Crippen molar-refractivity contribution >= 4 is 35.8 Å². The van der Waals surface area contributed by atoms with Crippen LogP contribution in [0.3, 0.4) is 0 Å². The molecule has 1 aromatic carbocycles. The number of primary amides is 1. The predicted molar refractivity (Wildman–Crippen MR) is 113 cm³/mol. The van der Waals surface area contributed by atoms with E-state index < -0.39 is 0 Å². The summed E-state index contributed by atoms with van der Waals surface area (Å²) < 4.78 is 0. The third kappa shape index (κ3) is 8.04. The topological polar surface area (TPSA) is 82.8 Å². The number of benzene rings is 1. The molecule has 140 valence electrons. The van der Waals surface area contributed by atoms with Crippen LogP contribution in [0.1, 0.15) is 24.0 Å². The van der Waals surface area contributed by atoms with E-state index in [0.717, 1.165) is 44.9 Å². The summed E-state index contributed by atoms with van der Waals surface area (Å²) in [7, 11) is 1.80. The number of likely N-dealkylation sites (tertiary alicyclic amines) is 1. The van der Waals surface area contributed by atoms with Crippen LogP contribution < -0.4 is 16.4 Å². The van der Waals surface area contributed by atoms with E-state index in [2.05, 4.69) is 51.7 Å². The van der Waals surface area contributed by atoms with Crippen molar-refractivity contribution in [2.45, 2.75) is 32.2 Å². The van der Waals surface area contributed by atoms with Crippen LogP contribution in [0.15, 0.2) is 29.3 Å². The first-order valence-electron chi connectivity index (χ1n) is 8.60. The Bertz CT molecular complexity index is 553. The maximum atomic E-state index is 11.0. The van der Waals surface area contributed by atoms with Crippen LogP contribution in [0.2, 0.25) is 0 Å². The van der Waals surface area contributed by atoms with Gasteiger partial charge in [0.2, 0.25) is 5.91 Å². The molecule has 4 N–H and O–H groups in total. The fraction of sp³-hybridized carbons (Fsp3) is 0.556. The average Bonchev–Trinajstić information content (AvgIpc) is 2.57. The van der Waals surface area contributed by atoms with Gasteiger partial charge in [0, 0.05) is 32.7 Å². The number of nitrogens with two attached hydrogens (primary N) is 1. The van der Waals surface area contributed by atoms with Crippen LogP contribution in [-0.4, -0.2) is 56.0 Å². The summed E-state index contributed by atoms with van der Waals surface area (Å²) in [5.41, 5.74) is 7.85. The lowest BCUT2D eigenvalue weighted by Crippen LogP contribution is -2.50. The van der Waals surface area contributed by atoms with Gasteiger partial charge in [0.25, 0.3) is 0 Å². The second kappa shape index (κ2) is 11.3. The minimum atomic E-state index is -0.255. The van der Waals surface area contributed by atoms with Crippen molar-refractivity contribution in [3.63, 3.8) is 0 Å². The van der Waals surface area contributed by atoms with Crippen LogP contribution in [0.5, 0.6) is 0 Å². The summed E-state index contributed by atoms with van der Waals surface area (Å²) in [5, 5.41) is 6.85. The number of rotatable bonds is 6. The summed E-state index contributed by atoms with van der Waals surface area (Å²) in [6.45, 7) is 5.09. The maximum absolute atomic E-state index is 11.0. The molecular weight excluding hydrogens is 429 g/mol. The van der Waals surface area contributed by atoms with Gasteiger partial charge >= 0.3 is 0 Å². The van der Waals surface area contributed by atoms with Gasteiger partial charge in [-0.3, -0.25) is 14.7 Å². The number of carbonyl (C=O) groups is 1. The van der Waals surface area contributed by atoms with E-state index in [-0.39, 0.29) is 29.9 Å². The molecule has 1 amide bonds. The fourth-order valence-corrected chi connectivity index (χ4v) is 2.92. The van der Waals surface area contributed by atoms with Gasteiger partial charge in [0.15, 0.2) is 5.96 Å². The molecule has 0 spiro atoms. The van der Waals surface area contributed by atoms with Gasteiger partial charge in [-0.1, -0.05) is 29.8 Å². The molecule has 1 aromatic rings. The Hall–Kier alpha value is -1.35. The Kier molecular flexibility index (Phi) is 9.81. The van der Waals surface area contributed by atoms with Crippen molar-refractivity contribution in [3.8, 4) is 0 Å².